The second-order valence-electron chi connectivity index (χ2n) is 6.95. The summed E-state index contributed by atoms with van der Waals surface area (Å²) in [6, 6.07) is 5.96. The van der Waals surface area contributed by atoms with Crippen LogP contribution in [0.25, 0.3) is 0 Å². The summed E-state index contributed by atoms with van der Waals surface area (Å²) in [6.07, 6.45) is 0.890. The molecular formula is C19H29NO3S. The van der Waals surface area contributed by atoms with E-state index in [-0.39, 0.29) is 11.9 Å². The first-order valence-electron chi connectivity index (χ1n) is 8.74. The molecule has 2 rings (SSSR count). The number of hydrogen-bond acceptors (Lipinski definition) is 4. The van der Waals surface area contributed by atoms with E-state index in [4.69, 9.17) is 9.47 Å². The SMILES string of the molecule is CC(C)CSCC(=O)NC(c1ccc2c(c1)OCCCO2)C(C)C. The third kappa shape index (κ3) is 5.62. The molecule has 1 heterocycles. The highest BCUT2D eigenvalue weighted by molar-refractivity contribution is 7.99. The van der Waals surface area contributed by atoms with Gasteiger partial charge in [0.15, 0.2) is 11.5 Å². The van der Waals surface area contributed by atoms with E-state index < -0.39 is 0 Å². The van der Waals surface area contributed by atoms with Crippen molar-refractivity contribution in [2.24, 2.45) is 11.8 Å². The average Bonchev–Trinajstić information content (AvgIpc) is 2.76. The van der Waals surface area contributed by atoms with Crippen LogP contribution in [0.2, 0.25) is 0 Å². The van der Waals surface area contributed by atoms with Crippen LogP contribution in [0.3, 0.4) is 0 Å². The minimum atomic E-state index is -0.0192. The number of amides is 1. The van der Waals surface area contributed by atoms with Crippen molar-refractivity contribution in [2.45, 2.75) is 40.2 Å². The molecule has 0 aromatic heterocycles. The van der Waals surface area contributed by atoms with Crippen LogP contribution >= 0.6 is 11.8 Å². The molecule has 1 aliphatic rings. The van der Waals surface area contributed by atoms with Crippen LogP contribution in [0.15, 0.2) is 18.2 Å². The fraction of sp³-hybridized carbons (Fsp3) is 0.632. The monoisotopic (exact) mass is 351 g/mol. The van der Waals surface area contributed by atoms with Gasteiger partial charge in [-0.1, -0.05) is 33.8 Å². The van der Waals surface area contributed by atoms with E-state index in [0.717, 1.165) is 29.2 Å². The fourth-order valence-corrected chi connectivity index (χ4v) is 3.47. The molecule has 134 valence electrons. The van der Waals surface area contributed by atoms with Crippen molar-refractivity contribution in [2.75, 3.05) is 24.7 Å². The molecule has 0 fully saturated rings. The van der Waals surface area contributed by atoms with Crippen LogP contribution in [0.1, 0.15) is 45.7 Å². The number of carbonyl (C=O) groups is 1. The molecule has 4 nitrogen and oxygen atoms in total. The van der Waals surface area contributed by atoms with Gasteiger partial charge in [0.25, 0.3) is 0 Å². The van der Waals surface area contributed by atoms with Crippen molar-refractivity contribution >= 4 is 17.7 Å². The minimum Gasteiger partial charge on any atom is -0.490 e. The van der Waals surface area contributed by atoms with Gasteiger partial charge < -0.3 is 14.8 Å². The van der Waals surface area contributed by atoms with Gasteiger partial charge in [0, 0.05) is 6.42 Å². The quantitative estimate of drug-likeness (QED) is 0.805. The maximum atomic E-state index is 12.3. The summed E-state index contributed by atoms with van der Waals surface area (Å²) >= 11 is 1.69. The minimum absolute atomic E-state index is 0.0192. The molecule has 1 amide bonds. The Hall–Kier alpha value is -1.36. The van der Waals surface area contributed by atoms with Crippen LogP contribution in [-0.2, 0) is 4.79 Å². The van der Waals surface area contributed by atoms with Gasteiger partial charge in [0.2, 0.25) is 5.91 Å². The summed E-state index contributed by atoms with van der Waals surface area (Å²) in [5.41, 5.74) is 1.07. The lowest BCUT2D eigenvalue weighted by molar-refractivity contribution is -0.119. The van der Waals surface area contributed by atoms with Gasteiger partial charge in [-0.3, -0.25) is 4.79 Å². The number of hydrogen-bond donors (Lipinski definition) is 1. The number of fused-ring (bicyclic) bond motifs is 1. The molecule has 1 N–H and O–H groups in total. The summed E-state index contributed by atoms with van der Waals surface area (Å²) in [5, 5.41) is 3.17. The van der Waals surface area contributed by atoms with Crippen molar-refractivity contribution in [3.63, 3.8) is 0 Å². The molecule has 1 atom stereocenters. The van der Waals surface area contributed by atoms with Gasteiger partial charge in [-0.05, 0) is 35.3 Å². The summed E-state index contributed by atoms with van der Waals surface area (Å²) in [4.78, 5) is 12.3. The van der Waals surface area contributed by atoms with E-state index >= 15 is 0 Å². The molecule has 1 aromatic rings. The Balaban J connectivity index is 2.04. The Morgan fingerprint density at radius 1 is 1.17 bits per heavy atom. The van der Waals surface area contributed by atoms with E-state index in [0.29, 0.717) is 30.8 Å². The predicted octanol–water partition coefficient (Wildman–Crippen LogP) is 4.05. The van der Waals surface area contributed by atoms with Gasteiger partial charge in [-0.25, -0.2) is 0 Å². The standard InChI is InChI=1S/C19H29NO3S/c1-13(2)11-24-12-18(21)20-19(14(3)4)15-6-7-16-17(10-15)23-9-5-8-22-16/h6-7,10,13-14,19H,5,8-9,11-12H2,1-4H3,(H,20,21). The van der Waals surface area contributed by atoms with E-state index in [1.165, 1.54) is 0 Å². The average molecular weight is 352 g/mol. The number of nitrogens with one attached hydrogen (secondary N) is 1. The third-order valence-corrected chi connectivity index (χ3v) is 5.17. The summed E-state index contributed by atoms with van der Waals surface area (Å²) < 4.78 is 11.5. The highest BCUT2D eigenvalue weighted by atomic mass is 32.2. The number of thioether (sulfide) groups is 1. The number of ether oxygens (including phenoxy) is 2. The molecule has 0 bridgehead atoms. The van der Waals surface area contributed by atoms with E-state index in [9.17, 15) is 4.79 Å². The highest BCUT2D eigenvalue weighted by Gasteiger charge is 2.21. The largest absolute Gasteiger partial charge is 0.490 e. The molecule has 0 saturated heterocycles. The molecule has 0 spiro atoms. The van der Waals surface area contributed by atoms with Crippen molar-refractivity contribution in [1.82, 2.24) is 5.32 Å². The van der Waals surface area contributed by atoms with Crippen LogP contribution in [-0.4, -0.2) is 30.6 Å². The Kier molecular flexibility index (Phi) is 7.28. The molecule has 0 aliphatic carbocycles. The van der Waals surface area contributed by atoms with Crippen LogP contribution in [0.5, 0.6) is 11.5 Å². The van der Waals surface area contributed by atoms with Crippen molar-refractivity contribution in [3.8, 4) is 11.5 Å². The number of benzene rings is 1. The lowest BCUT2D eigenvalue weighted by Crippen LogP contribution is -2.33. The zero-order chi connectivity index (χ0) is 17.5. The third-order valence-electron chi connectivity index (χ3n) is 3.80. The van der Waals surface area contributed by atoms with Crippen molar-refractivity contribution in [1.29, 1.82) is 0 Å². The second kappa shape index (κ2) is 9.21. The lowest BCUT2D eigenvalue weighted by atomic mass is 9.95. The fourth-order valence-electron chi connectivity index (χ4n) is 2.61. The highest BCUT2D eigenvalue weighted by Crippen LogP contribution is 2.34. The molecule has 0 saturated carbocycles. The van der Waals surface area contributed by atoms with Crippen LogP contribution < -0.4 is 14.8 Å². The maximum absolute atomic E-state index is 12.3. The molecule has 5 heteroatoms. The predicted molar refractivity (Wildman–Crippen MR) is 99.9 cm³/mol. The molecule has 0 radical (unpaired) electrons. The second-order valence-corrected chi connectivity index (χ2v) is 7.99. The molecular weight excluding hydrogens is 322 g/mol. The molecule has 1 aromatic carbocycles. The Morgan fingerprint density at radius 2 is 1.88 bits per heavy atom. The van der Waals surface area contributed by atoms with Crippen molar-refractivity contribution in [3.05, 3.63) is 23.8 Å². The van der Waals surface area contributed by atoms with Gasteiger partial charge in [-0.15, -0.1) is 0 Å². The first-order valence-corrected chi connectivity index (χ1v) is 9.89. The zero-order valence-corrected chi connectivity index (χ0v) is 15.9. The van der Waals surface area contributed by atoms with Crippen LogP contribution in [0, 0.1) is 11.8 Å². The topological polar surface area (TPSA) is 47.6 Å². The summed E-state index contributed by atoms with van der Waals surface area (Å²) in [6.45, 7) is 9.93. The first kappa shape index (κ1) is 19.0. The van der Waals surface area contributed by atoms with Crippen molar-refractivity contribution < 1.29 is 14.3 Å². The smallest absolute Gasteiger partial charge is 0.230 e. The first-order chi connectivity index (χ1) is 11.5. The Morgan fingerprint density at radius 3 is 2.54 bits per heavy atom. The molecule has 1 unspecified atom stereocenters. The summed E-state index contributed by atoms with van der Waals surface area (Å²) in [7, 11) is 0. The molecule has 1 aliphatic heterocycles. The lowest BCUT2D eigenvalue weighted by Gasteiger charge is -2.24. The van der Waals surface area contributed by atoms with Gasteiger partial charge in [0.1, 0.15) is 0 Å². The molecule has 24 heavy (non-hydrogen) atoms. The number of rotatable bonds is 7. The van der Waals surface area contributed by atoms with E-state index in [1.807, 2.05) is 18.2 Å². The Bertz CT molecular complexity index is 545. The maximum Gasteiger partial charge on any atom is 0.230 e. The van der Waals surface area contributed by atoms with Gasteiger partial charge in [0.05, 0.1) is 25.0 Å². The summed E-state index contributed by atoms with van der Waals surface area (Å²) in [5.74, 6) is 4.07. The van der Waals surface area contributed by atoms with E-state index in [1.54, 1.807) is 11.8 Å². The van der Waals surface area contributed by atoms with E-state index in [2.05, 4.69) is 33.0 Å². The van der Waals surface area contributed by atoms with Gasteiger partial charge >= 0.3 is 0 Å². The number of carbonyl (C=O) groups excluding carboxylic acids is 1. The Labute approximate surface area is 149 Å². The zero-order valence-electron chi connectivity index (χ0n) is 15.1. The van der Waals surface area contributed by atoms with Crippen LogP contribution in [0.4, 0.5) is 0 Å². The van der Waals surface area contributed by atoms with Gasteiger partial charge in [-0.2, -0.15) is 11.8 Å². The normalized spacial score (nSPS) is 15.2.